The van der Waals surface area contributed by atoms with Gasteiger partial charge < -0.3 is 16.0 Å². The minimum absolute atomic E-state index is 0.258. The zero-order valence-corrected chi connectivity index (χ0v) is 23.2. The smallest absolute Gasteiger partial charge is 0.338 e. The number of rotatable bonds is 9. The Balaban J connectivity index is 1.40. The van der Waals surface area contributed by atoms with E-state index in [0.717, 1.165) is 55.6 Å². The van der Waals surface area contributed by atoms with Crippen LogP contribution in [0.5, 0.6) is 0 Å². The van der Waals surface area contributed by atoms with E-state index in [1.54, 1.807) is 12.1 Å². The van der Waals surface area contributed by atoms with Crippen LogP contribution in [0.2, 0.25) is 0 Å². The molecule has 0 bridgehead atoms. The van der Waals surface area contributed by atoms with Crippen molar-refractivity contribution in [1.82, 2.24) is 15.1 Å². The summed E-state index contributed by atoms with van der Waals surface area (Å²) in [4.78, 5) is 17.0. The monoisotopic (exact) mass is 555 g/mol. The Morgan fingerprint density at radius 3 is 2.10 bits per heavy atom. The summed E-state index contributed by atoms with van der Waals surface area (Å²) in [5.41, 5.74) is 8.83. The van der Waals surface area contributed by atoms with Crippen molar-refractivity contribution < 1.29 is 18.0 Å². The highest BCUT2D eigenvalue weighted by Crippen LogP contribution is 2.35. The molecule has 3 N–H and O–H groups in total. The average Bonchev–Trinajstić information content (AvgIpc) is 2.96. The molecule has 1 aliphatic carbocycles. The Hall–Kier alpha value is -2.93. The van der Waals surface area contributed by atoms with Crippen LogP contribution in [0.3, 0.4) is 0 Å². The second kappa shape index (κ2) is 13.2. The lowest BCUT2D eigenvalue weighted by Gasteiger charge is -2.39. The number of nitrogens with zero attached hydrogens (tertiary/aromatic N) is 3. The third-order valence-electron chi connectivity index (χ3n) is 8.40. The number of amides is 1. The van der Waals surface area contributed by atoms with Gasteiger partial charge in [0.15, 0.2) is 0 Å². The number of halogens is 3. The Kier molecular flexibility index (Phi) is 9.88. The predicted molar refractivity (Wildman–Crippen MR) is 150 cm³/mol. The molecule has 4 rings (SSSR count). The molecule has 0 radical (unpaired) electrons. The summed E-state index contributed by atoms with van der Waals surface area (Å²) in [6, 6.07) is 15.9. The van der Waals surface area contributed by atoms with Gasteiger partial charge in [-0.1, -0.05) is 74.7 Å². The fourth-order valence-electron chi connectivity index (χ4n) is 5.88. The standard InChI is InChI=1S/C31H40F3N5O/c1-2-38-16-18-39(19-17-38)28(21-31(32,33)34)26-12-10-25(11-13-26)24-8-6-23(7-9-24)20-27(22-35)37-29(40)30(36)14-4-3-5-15-30/h6-13,27-28H,2-5,14-21,36H2,1H3,(H,37,40). The van der Waals surface area contributed by atoms with Crippen LogP contribution in [0.15, 0.2) is 48.5 Å². The van der Waals surface area contributed by atoms with Crippen LogP contribution in [0.25, 0.3) is 11.1 Å². The van der Waals surface area contributed by atoms with E-state index in [4.69, 9.17) is 5.73 Å². The van der Waals surface area contributed by atoms with E-state index in [2.05, 4.69) is 23.2 Å². The summed E-state index contributed by atoms with van der Waals surface area (Å²) in [7, 11) is 0. The second-order valence-electron chi connectivity index (χ2n) is 11.2. The molecule has 2 fully saturated rings. The number of benzene rings is 2. The highest BCUT2D eigenvalue weighted by Gasteiger charge is 2.37. The molecule has 40 heavy (non-hydrogen) atoms. The number of alkyl halides is 3. The van der Waals surface area contributed by atoms with Gasteiger partial charge in [-0.2, -0.15) is 18.4 Å². The van der Waals surface area contributed by atoms with Gasteiger partial charge in [0.25, 0.3) is 0 Å². The predicted octanol–water partition coefficient (Wildman–Crippen LogP) is 5.20. The molecule has 9 heteroatoms. The minimum Gasteiger partial charge on any atom is -0.338 e. The van der Waals surface area contributed by atoms with E-state index in [1.165, 1.54) is 0 Å². The summed E-state index contributed by atoms with van der Waals surface area (Å²) < 4.78 is 40.5. The Bertz CT molecular complexity index is 1150. The van der Waals surface area contributed by atoms with Gasteiger partial charge in [0.1, 0.15) is 6.04 Å². The number of hydrogen-bond donors (Lipinski definition) is 2. The summed E-state index contributed by atoms with van der Waals surface area (Å²) in [5.74, 6) is -0.258. The lowest BCUT2D eigenvalue weighted by molar-refractivity contribution is -0.149. The topological polar surface area (TPSA) is 85.4 Å². The first-order valence-electron chi connectivity index (χ1n) is 14.3. The first kappa shape index (κ1) is 30.0. The van der Waals surface area contributed by atoms with E-state index in [1.807, 2.05) is 41.3 Å². The highest BCUT2D eigenvalue weighted by molar-refractivity contribution is 5.86. The van der Waals surface area contributed by atoms with Gasteiger partial charge in [0, 0.05) is 38.6 Å². The Morgan fingerprint density at radius 2 is 1.57 bits per heavy atom. The van der Waals surface area contributed by atoms with Gasteiger partial charge in [-0.05, 0) is 41.6 Å². The molecular formula is C31H40F3N5O. The molecule has 2 aromatic carbocycles. The Morgan fingerprint density at radius 1 is 1.00 bits per heavy atom. The SMILES string of the molecule is CCN1CCN(C(CC(F)(F)F)c2ccc(-c3ccc(CC(C#N)NC(=O)C4(N)CCCCC4)cc3)cc2)CC1. The van der Waals surface area contributed by atoms with Crippen LogP contribution in [-0.2, 0) is 11.2 Å². The molecule has 216 valence electrons. The maximum absolute atomic E-state index is 13.5. The lowest BCUT2D eigenvalue weighted by atomic mass is 9.81. The number of nitrogens with two attached hydrogens (primary N) is 1. The van der Waals surface area contributed by atoms with Crippen molar-refractivity contribution in [1.29, 1.82) is 5.26 Å². The second-order valence-corrected chi connectivity index (χ2v) is 11.2. The van der Waals surface area contributed by atoms with Gasteiger partial charge in [-0.15, -0.1) is 0 Å². The molecule has 2 atom stereocenters. The number of carbonyl (C=O) groups excluding carboxylic acids is 1. The van der Waals surface area contributed by atoms with Crippen molar-refractivity contribution in [3.8, 4) is 17.2 Å². The van der Waals surface area contributed by atoms with Crippen LogP contribution >= 0.6 is 0 Å². The quantitative estimate of drug-likeness (QED) is 0.445. The number of nitriles is 1. The zero-order valence-electron chi connectivity index (χ0n) is 23.2. The third kappa shape index (κ3) is 7.84. The number of piperazine rings is 1. The molecule has 2 aromatic rings. The molecule has 1 saturated carbocycles. The molecule has 6 nitrogen and oxygen atoms in total. The van der Waals surface area contributed by atoms with Crippen molar-refractivity contribution in [2.75, 3.05) is 32.7 Å². The summed E-state index contributed by atoms with van der Waals surface area (Å²) in [6.07, 6.45) is -0.563. The molecule has 1 amide bonds. The normalized spacial score (nSPS) is 19.9. The fraction of sp³-hybridized carbons (Fsp3) is 0.548. The maximum atomic E-state index is 13.5. The van der Waals surface area contributed by atoms with Gasteiger partial charge in [-0.3, -0.25) is 9.69 Å². The summed E-state index contributed by atoms with van der Waals surface area (Å²) >= 11 is 0. The lowest BCUT2D eigenvalue weighted by Crippen LogP contribution is -2.57. The molecular weight excluding hydrogens is 515 g/mol. The number of carbonyl (C=O) groups is 1. The van der Waals surface area contributed by atoms with E-state index in [-0.39, 0.29) is 5.91 Å². The molecule has 0 aromatic heterocycles. The number of nitrogens with one attached hydrogen (secondary N) is 1. The minimum atomic E-state index is -4.25. The Labute approximate surface area is 235 Å². The van der Waals surface area contributed by atoms with Crippen molar-refractivity contribution in [2.24, 2.45) is 5.73 Å². The fourth-order valence-corrected chi connectivity index (χ4v) is 5.88. The van der Waals surface area contributed by atoms with Crippen molar-refractivity contribution in [3.63, 3.8) is 0 Å². The largest absolute Gasteiger partial charge is 0.390 e. The maximum Gasteiger partial charge on any atom is 0.390 e. The van der Waals surface area contributed by atoms with Gasteiger partial charge in [0.2, 0.25) is 5.91 Å². The summed E-state index contributed by atoms with van der Waals surface area (Å²) in [6.45, 7) is 5.77. The van der Waals surface area contributed by atoms with E-state index in [0.29, 0.717) is 37.9 Å². The third-order valence-corrected chi connectivity index (χ3v) is 8.40. The summed E-state index contributed by atoms with van der Waals surface area (Å²) in [5, 5.41) is 12.5. The van der Waals surface area contributed by atoms with Crippen LogP contribution < -0.4 is 11.1 Å². The highest BCUT2D eigenvalue weighted by atomic mass is 19.4. The van der Waals surface area contributed by atoms with E-state index < -0.39 is 30.2 Å². The van der Waals surface area contributed by atoms with Crippen molar-refractivity contribution >= 4 is 5.91 Å². The van der Waals surface area contributed by atoms with Crippen LogP contribution in [0, 0.1) is 11.3 Å². The van der Waals surface area contributed by atoms with Crippen molar-refractivity contribution in [2.45, 2.75) is 75.7 Å². The van der Waals surface area contributed by atoms with Crippen LogP contribution in [0.4, 0.5) is 13.2 Å². The van der Waals surface area contributed by atoms with Crippen LogP contribution in [-0.4, -0.2) is 66.2 Å². The van der Waals surface area contributed by atoms with Crippen molar-refractivity contribution in [3.05, 3.63) is 59.7 Å². The molecule has 1 saturated heterocycles. The van der Waals surface area contributed by atoms with Gasteiger partial charge in [-0.25, -0.2) is 0 Å². The van der Waals surface area contributed by atoms with Gasteiger partial charge >= 0.3 is 6.18 Å². The molecule has 1 heterocycles. The molecule has 1 aliphatic heterocycles. The zero-order chi connectivity index (χ0) is 28.8. The molecule has 2 unspecified atom stereocenters. The van der Waals surface area contributed by atoms with E-state index >= 15 is 0 Å². The number of likely N-dealkylation sites (N-methyl/N-ethyl adjacent to an activating group) is 1. The van der Waals surface area contributed by atoms with Gasteiger partial charge in [0.05, 0.1) is 18.0 Å². The molecule has 0 spiro atoms. The first-order chi connectivity index (χ1) is 19.1. The number of hydrogen-bond acceptors (Lipinski definition) is 5. The average molecular weight is 556 g/mol. The molecule has 2 aliphatic rings. The van der Waals surface area contributed by atoms with E-state index in [9.17, 15) is 23.2 Å². The van der Waals surface area contributed by atoms with Crippen LogP contribution in [0.1, 0.15) is 62.6 Å². The first-order valence-corrected chi connectivity index (χ1v) is 14.3.